The molecule has 1 aliphatic heterocycles. The summed E-state index contributed by atoms with van der Waals surface area (Å²) < 4.78 is 5.16. The summed E-state index contributed by atoms with van der Waals surface area (Å²) in [6.45, 7) is 6.68. The first-order valence-corrected chi connectivity index (χ1v) is 7.50. The molecule has 1 aliphatic rings. The van der Waals surface area contributed by atoms with Gasteiger partial charge in [-0.05, 0) is 27.2 Å². The molecule has 2 heterocycles. The van der Waals surface area contributed by atoms with Gasteiger partial charge in [0.15, 0.2) is 0 Å². The number of carboxylic acid groups (broad SMARTS) is 1. The van der Waals surface area contributed by atoms with E-state index in [1.54, 1.807) is 26.8 Å². The maximum atomic E-state index is 11.6. The lowest BCUT2D eigenvalue weighted by Crippen LogP contribution is -2.32. The van der Waals surface area contributed by atoms with E-state index in [0.717, 1.165) is 0 Å². The van der Waals surface area contributed by atoms with E-state index in [1.165, 1.54) is 6.33 Å². The molecule has 0 saturated carbocycles. The first kappa shape index (κ1) is 17.0. The van der Waals surface area contributed by atoms with Crippen LogP contribution in [-0.4, -0.2) is 45.8 Å². The number of carboxylic acids is 1. The first-order valence-electron chi connectivity index (χ1n) is 7.50. The van der Waals surface area contributed by atoms with Crippen molar-refractivity contribution in [3.05, 3.63) is 18.1 Å². The van der Waals surface area contributed by atoms with Gasteiger partial charge in [0.1, 0.15) is 17.7 Å². The Morgan fingerprint density at radius 3 is 2.78 bits per heavy atom. The Labute approximate surface area is 134 Å². The van der Waals surface area contributed by atoms with Crippen LogP contribution in [0.1, 0.15) is 32.9 Å². The van der Waals surface area contributed by atoms with Crippen molar-refractivity contribution in [3.63, 3.8) is 0 Å². The Hall–Kier alpha value is -2.38. The third-order valence-corrected chi connectivity index (χ3v) is 3.38. The molecular formula is C15H22N4O4. The third-order valence-electron chi connectivity index (χ3n) is 3.38. The molecule has 0 radical (unpaired) electrons. The minimum absolute atomic E-state index is 0.223. The van der Waals surface area contributed by atoms with Crippen molar-refractivity contribution in [3.8, 4) is 0 Å². The van der Waals surface area contributed by atoms with E-state index in [1.807, 2.05) is 4.90 Å². The van der Waals surface area contributed by atoms with Gasteiger partial charge < -0.3 is 20.1 Å². The topological polar surface area (TPSA) is 105 Å². The van der Waals surface area contributed by atoms with E-state index < -0.39 is 17.7 Å². The first-order chi connectivity index (χ1) is 10.7. The second kappa shape index (κ2) is 6.80. The minimum Gasteiger partial charge on any atom is -0.481 e. The molecule has 2 rings (SSSR count). The fourth-order valence-electron chi connectivity index (χ4n) is 2.30. The standard InChI is InChI=1S/C15H22N4O4/c1-15(2,3)23-14(22)16-7-11-6-12(18-9-17-11)19-5-4-10(8-19)13(20)21/h6,9-10H,4-5,7-8H2,1-3H3,(H,16,22)(H,20,21)/t10-/m1/s1. The van der Waals surface area contributed by atoms with Gasteiger partial charge in [-0.1, -0.05) is 0 Å². The number of amides is 1. The average Bonchev–Trinajstić information content (AvgIpc) is 2.94. The molecule has 1 amide bonds. The molecule has 1 aromatic heterocycles. The van der Waals surface area contributed by atoms with Crippen LogP contribution in [0.15, 0.2) is 12.4 Å². The molecule has 1 atom stereocenters. The van der Waals surface area contributed by atoms with Gasteiger partial charge in [-0.15, -0.1) is 0 Å². The Balaban J connectivity index is 1.93. The highest BCUT2D eigenvalue weighted by Gasteiger charge is 2.28. The molecule has 8 nitrogen and oxygen atoms in total. The summed E-state index contributed by atoms with van der Waals surface area (Å²) in [7, 11) is 0. The van der Waals surface area contributed by atoms with Gasteiger partial charge in [0.25, 0.3) is 0 Å². The normalized spacial score (nSPS) is 17.9. The highest BCUT2D eigenvalue weighted by molar-refractivity contribution is 5.72. The van der Waals surface area contributed by atoms with Gasteiger partial charge in [-0.2, -0.15) is 0 Å². The lowest BCUT2D eigenvalue weighted by molar-refractivity contribution is -0.140. The van der Waals surface area contributed by atoms with Crippen LogP contribution in [-0.2, 0) is 16.1 Å². The number of hydrogen-bond acceptors (Lipinski definition) is 6. The third kappa shape index (κ3) is 5.08. The predicted octanol–water partition coefficient (Wildman–Crippen LogP) is 1.41. The molecule has 0 aromatic carbocycles. The van der Waals surface area contributed by atoms with Crippen LogP contribution in [0.4, 0.5) is 10.6 Å². The van der Waals surface area contributed by atoms with Gasteiger partial charge in [0.05, 0.1) is 18.2 Å². The Bertz CT molecular complexity index is 585. The minimum atomic E-state index is -0.784. The molecule has 1 saturated heterocycles. The highest BCUT2D eigenvalue weighted by atomic mass is 16.6. The maximum absolute atomic E-state index is 11.6. The largest absolute Gasteiger partial charge is 0.481 e. The summed E-state index contributed by atoms with van der Waals surface area (Å²) >= 11 is 0. The summed E-state index contributed by atoms with van der Waals surface area (Å²) in [6.07, 6.45) is 1.50. The highest BCUT2D eigenvalue weighted by Crippen LogP contribution is 2.22. The molecule has 0 bridgehead atoms. The van der Waals surface area contributed by atoms with Crippen molar-refractivity contribution < 1.29 is 19.4 Å². The van der Waals surface area contributed by atoms with Crippen molar-refractivity contribution in [1.29, 1.82) is 0 Å². The van der Waals surface area contributed by atoms with Crippen molar-refractivity contribution in [1.82, 2.24) is 15.3 Å². The molecule has 1 fully saturated rings. The second-order valence-corrected chi connectivity index (χ2v) is 6.49. The predicted molar refractivity (Wildman–Crippen MR) is 83.1 cm³/mol. The number of ether oxygens (including phenoxy) is 1. The van der Waals surface area contributed by atoms with E-state index in [2.05, 4.69) is 15.3 Å². The number of alkyl carbamates (subject to hydrolysis) is 1. The van der Waals surface area contributed by atoms with Crippen molar-refractivity contribution in [2.45, 2.75) is 39.3 Å². The Kier molecular flexibility index (Phi) is 5.02. The van der Waals surface area contributed by atoms with Crippen LogP contribution in [0.2, 0.25) is 0 Å². The van der Waals surface area contributed by atoms with E-state index in [9.17, 15) is 9.59 Å². The van der Waals surface area contributed by atoms with Crippen molar-refractivity contribution >= 4 is 17.9 Å². The van der Waals surface area contributed by atoms with Crippen molar-refractivity contribution in [2.75, 3.05) is 18.0 Å². The summed E-state index contributed by atoms with van der Waals surface area (Å²) in [5, 5.41) is 11.7. The SMILES string of the molecule is CC(C)(C)OC(=O)NCc1cc(N2CC[C@@H](C(=O)O)C2)ncn1. The quantitative estimate of drug-likeness (QED) is 0.863. The Morgan fingerprint density at radius 1 is 1.43 bits per heavy atom. The number of nitrogens with one attached hydrogen (secondary N) is 1. The molecule has 0 spiro atoms. The number of hydrogen-bond donors (Lipinski definition) is 2. The zero-order chi connectivity index (χ0) is 17.0. The van der Waals surface area contributed by atoms with Crippen LogP contribution < -0.4 is 10.2 Å². The smallest absolute Gasteiger partial charge is 0.407 e. The number of carbonyl (C=O) groups is 2. The zero-order valence-corrected chi connectivity index (χ0v) is 13.6. The summed E-state index contributed by atoms with van der Waals surface area (Å²) in [6, 6.07) is 1.75. The van der Waals surface area contributed by atoms with Crippen LogP contribution in [0, 0.1) is 5.92 Å². The number of nitrogens with zero attached hydrogens (tertiary/aromatic N) is 3. The number of carbonyl (C=O) groups excluding carboxylic acids is 1. The summed E-state index contributed by atoms with van der Waals surface area (Å²) in [5.41, 5.74) is 0.0853. The van der Waals surface area contributed by atoms with E-state index in [4.69, 9.17) is 9.84 Å². The van der Waals surface area contributed by atoms with E-state index >= 15 is 0 Å². The fourth-order valence-corrected chi connectivity index (χ4v) is 2.30. The molecular weight excluding hydrogens is 300 g/mol. The second-order valence-electron chi connectivity index (χ2n) is 6.49. The molecule has 23 heavy (non-hydrogen) atoms. The van der Waals surface area contributed by atoms with Crippen LogP contribution in [0.3, 0.4) is 0 Å². The number of anilines is 1. The lowest BCUT2D eigenvalue weighted by Gasteiger charge is -2.20. The molecule has 0 unspecified atom stereocenters. The molecule has 1 aromatic rings. The number of rotatable bonds is 4. The maximum Gasteiger partial charge on any atom is 0.407 e. The molecule has 2 N–H and O–H groups in total. The zero-order valence-electron chi connectivity index (χ0n) is 13.6. The monoisotopic (exact) mass is 322 g/mol. The van der Waals surface area contributed by atoms with Crippen molar-refractivity contribution in [2.24, 2.45) is 5.92 Å². The lowest BCUT2D eigenvalue weighted by atomic mass is 10.1. The number of aliphatic carboxylic acids is 1. The Morgan fingerprint density at radius 2 is 2.17 bits per heavy atom. The van der Waals surface area contributed by atoms with Crippen LogP contribution in [0.25, 0.3) is 0 Å². The molecule has 8 heteroatoms. The van der Waals surface area contributed by atoms with Gasteiger partial charge in [0.2, 0.25) is 0 Å². The van der Waals surface area contributed by atoms with E-state index in [0.29, 0.717) is 31.0 Å². The van der Waals surface area contributed by atoms with Gasteiger partial charge >= 0.3 is 12.1 Å². The van der Waals surface area contributed by atoms with Gasteiger partial charge in [0, 0.05) is 19.2 Å². The summed E-state index contributed by atoms with van der Waals surface area (Å²) in [5.74, 6) is -0.480. The van der Waals surface area contributed by atoms with Crippen LogP contribution >= 0.6 is 0 Å². The molecule has 126 valence electrons. The van der Waals surface area contributed by atoms with Gasteiger partial charge in [-0.3, -0.25) is 4.79 Å². The summed E-state index contributed by atoms with van der Waals surface area (Å²) in [4.78, 5) is 32.9. The van der Waals surface area contributed by atoms with Gasteiger partial charge in [-0.25, -0.2) is 14.8 Å². The number of aromatic nitrogens is 2. The average molecular weight is 322 g/mol. The van der Waals surface area contributed by atoms with E-state index in [-0.39, 0.29) is 12.5 Å². The molecule has 0 aliphatic carbocycles. The fraction of sp³-hybridized carbons (Fsp3) is 0.600. The van der Waals surface area contributed by atoms with Crippen LogP contribution in [0.5, 0.6) is 0 Å².